The maximum absolute atomic E-state index is 12.6. The van der Waals surface area contributed by atoms with Crippen LogP contribution in [0.1, 0.15) is 11.3 Å². The molecule has 1 aliphatic heterocycles. The molecule has 3 aromatic rings. The molecule has 0 amide bonds. The van der Waals surface area contributed by atoms with Crippen LogP contribution in [0, 0.1) is 0 Å². The standard InChI is InChI=1S/C20H21N3O3S2/c24-28(25,14-8-17-5-2-1-3-6-17)23-11-9-22(10-12-23)16-18-15-19(26-21-18)20-7-4-13-27-20/h1-8,13-15H,9-12,16H2. The third kappa shape index (κ3) is 4.59. The summed E-state index contributed by atoms with van der Waals surface area (Å²) in [6.07, 6.45) is 1.64. The fourth-order valence-electron chi connectivity index (χ4n) is 3.11. The highest BCUT2D eigenvalue weighted by molar-refractivity contribution is 7.92. The molecule has 146 valence electrons. The lowest BCUT2D eigenvalue weighted by Gasteiger charge is -2.32. The van der Waals surface area contributed by atoms with Crippen molar-refractivity contribution in [3.05, 3.63) is 70.6 Å². The minimum absolute atomic E-state index is 0.469. The zero-order valence-corrected chi connectivity index (χ0v) is 16.9. The molecule has 28 heavy (non-hydrogen) atoms. The van der Waals surface area contributed by atoms with Gasteiger partial charge in [-0.3, -0.25) is 4.90 Å². The summed E-state index contributed by atoms with van der Waals surface area (Å²) in [7, 11) is -3.41. The number of nitrogens with zero attached hydrogens (tertiary/aromatic N) is 3. The van der Waals surface area contributed by atoms with Crippen LogP contribution in [0.25, 0.3) is 16.7 Å². The maximum atomic E-state index is 12.6. The van der Waals surface area contributed by atoms with Gasteiger partial charge in [-0.2, -0.15) is 4.31 Å². The van der Waals surface area contributed by atoms with Gasteiger partial charge in [-0.1, -0.05) is 41.6 Å². The average Bonchev–Trinajstić information content (AvgIpc) is 3.40. The normalized spacial score (nSPS) is 16.7. The largest absolute Gasteiger partial charge is 0.355 e. The highest BCUT2D eigenvalue weighted by atomic mass is 32.2. The van der Waals surface area contributed by atoms with Crippen molar-refractivity contribution in [1.29, 1.82) is 0 Å². The number of piperazine rings is 1. The molecule has 4 rings (SSSR count). The van der Waals surface area contributed by atoms with E-state index < -0.39 is 10.0 Å². The number of hydrogen-bond acceptors (Lipinski definition) is 6. The minimum atomic E-state index is -3.41. The zero-order valence-electron chi connectivity index (χ0n) is 15.3. The number of aromatic nitrogens is 1. The lowest BCUT2D eigenvalue weighted by atomic mass is 10.2. The molecule has 0 spiro atoms. The van der Waals surface area contributed by atoms with Gasteiger partial charge < -0.3 is 4.52 Å². The van der Waals surface area contributed by atoms with Crippen molar-refractivity contribution in [2.45, 2.75) is 6.54 Å². The number of rotatable bonds is 6. The van der Waals surface area contributed by atoms with Gasteiger partial charge in [-0.05, 0) is 23.1 Å². The molecule has 2 aromatic heterocycles. The summed E-state index contributed by atoms with van der Waals surface area (Å²) >= 11 is 1.61. The van der Waals surface area contributed by atoms with Gasteiger partial charge in [0.1, 0.15) is 0 Å². The van der Waals surface area contributed by atoms with Crippen molar-refractivity contribution in [3.63, 3.8) is 0 Å². The molecule has 1 fully saturated rings. The Morgan fingerprint density at radius 1 is 1.07 bits per heavy atom. The fourth-order valence-corrected chi connectivity index (χ4v) is 4.95. The van der Waals surface area contributed by atoms with E-state index in [1.54, 1.807) is 17.4 Å². The van der Waals surface area contributed by atoms with Crippen LogP contribution in [0.4, 0.5) is 0 Å². The molecule has 6 nitrogen and oxygen atoms in total. The van der Waals surface area contributed by atoms with Crippen LogP contribution in [0.2, 0.25) is 0 Å². The molecule has 0 radical (unpaired) electrons. The van der Waals surface area contributed by atoms with Crippen LogP contribution in [0.15, 0.2) is 63.8 Å². The Morgan fingerprint density at radius 2 is 1.86 bits per heavy atom. The van der Waals surface area contributed by atoms with Crippen molar-refractivity contribution in [2.75, 3.05) is 26.2 Å². The number of benzene rings is 1. The molecule has 0 aliphatic carbocycles. The van der Waals surface area contributed by atoms with Crippen molar-refractivity contribution >= 4 is 27.4 Å². The summed E-state index contributed by atoms with van der Waals surface area (Å²) in [6, 6.07) is 15.4. The molecular weight excluding hydrogens is 394 g/mol. The topological polar surface area (TPSA) is 66.7 Å². The van der Waals surface area contributed by atoms with Crippen LogP contribution >= 0.6 is 11.3 Å². The molecule has 1 aliphatic rings. The smallest absolute Gasteiger partial charge is 0.236 e. The lowest BCUT2D eigenvalue weighted by Crippen LogP contribution is -2.47. The van der Waals surface area contributed by atoms with E-state index in [0.29, 0.717) is 32.7 Å². The molecule has 0 saturated carbocycles. The quantitative estimate of drug-likeness (QED) is 0.616. The van der Waals surface area contributed by atoms with E-state index in [4.69, 9.17) is 4.52 Å². The predicted molar refractivity (Wildman–Crippen MR) is 111 cm³/mol. The van der Waals surface area contributed by atoms with Crippen LogP contribution in [-0.4, -0.2) is 49.0 Å². The van der Waals surface area contributed by atoms with Crippen LogP contribution in [0.3, 0.4) is 0 Å². The molecule has 1 aromatic carbocycles. The second-order valence-corrected chi connectivity index (χ2v) is 9.36. The Hall–Kier alpha value is -2.26. The highest BCUT2D eigenvalue weighted by Crippen LogP contribution is 2.25. The summed E-state index contributed by atoms with van der Waals surface area (Å²) in [6.45, 7) is 2.93. The number of hydrogen-bond donors (Lipinski definition) is 0. The third-order valence-corrected chi connectivity index (χ3v) is 7.08. The van der Waals surface area contributed by atoms with Crippen molar-refractivity contribution < 1.29 is 12.9 Å². The van der Waals surface area contributed by atoms with Crippen LogP contribution < -0.4 is 0 Å². The van der Waals surface area contributed by atoms with Crippen LogP contribution in [-0.2, 0) is 16.6 Å². The number of sulfonamides is 1. The first kappa shape index (κ1) is 19.1. The average molecular weight is 416 g/mol. The Bertz CT molecular complexity index is 1020. The fraction of sp³-hybridized carbons (Fsp3) is 0.250. The molecule has 0 atom stereocenters. The lowest BCUT2D eigenvalue weighted by molar-refractivity contribution is 0.179. The summed E-state index contributed by atoms with van der Waals surface area (Å²) in [5, 5.41) is 7.44. The Labute approximate surface area is 168 Å². The Morgan fingerprint density at radius 3 is 2.57 bits per heavy atom. The first-order chi connectivity index (χ1) is 13.6. The van der Waals surface area contributed by atoms with Crippen molar-refractivity contribution in [3.8, 4) is 10.6 Å². The molecule has 0 bridgehead atoms. The van der Waals surface area contributed by atoms with E-state index in [-0.39, 0.29) is 0 Å². The van der Waals surface area contributed by atoms with Gasteiger partial charge in [0, 0.05) is 44.2 Å². The summed E-state index contributed by atoms with van der Waals surface area (Å²) < 4.78 is 32.1. The van der Waals surface area contributed by atoms with E-state index in [9.17, 15) is 8.42 Å². The molecule has 3 heterocycles. The van der Waals surface area contributed by atoms with Gasteiger partial charge in [-0.15, -0.1) is 11.3 Å². The van der Waals surface area contributed by atoms with Gasteiger partial charge in [0.15, 0.2) is 5.76 Å². The third-order valence-electron chi connectivity index (χ3n) is 4.63. The Balaban J connectivity index is 1.32. The van der Waals surface area contributed by atoms with Gasteiger partial charge in [-0.25, -0.2) is 8.42 Å². The molecular formula is C20H21N3O3S2. The Kier molecular flexibility index (Phi) is 5.72. The van der Waals surface area contributed by atoms with E-state index in [1.807, 2.05) is 53.9 Å². The second kappa shape index (κ2) is 8.40. The molecule has 8 heteroatoms. The minimum Gasteiger partial charge on any atom is -0.355 e. The van der Waals surface area contributed by atoms with E-state index >= 15 is 0 Å². The van der Waals surface area contributed by atoms with E-state index in [2.05, 4.69) is 10.1 Å². The van der Waals surface area contributed by atoms with Crippen molar-refractivity contribution in [2.24, 2.45) is 0 Å². The maximum Gasteiger partial charge on any atom is 0.236 e. The first-order valence-corrected chi connectivity index (χ1v) is 11.4. The van der Waals surface area contributed by atoms with E-state index in [0.717, 1.165) is 21.9 Å². The van der Waals surface area contributed by atoms with Gasteiger partial charge >= 0.3 is 0 Å². The SMILES string of the molecule is O=S(=O)(C=Cc1ccccc1)N1CCN(Cc2cc(-c3cccs3)on2)CC1. The van der Waals surface area contributed by atoms with Gasteiger partial charge in [0.2, 0.25) is 10.0 Å². The van der Waals surface area contributed by atoms with Gasteiger partial charge in [0.25, 0.3) is 0 Å². The summed E-state index contributed by atoms with van der Waals surface area (Å²) in [5.74, 6) is 0.775. The van der Waals surface area contributed by atoms with E-state index in [1.165, 1.54) is 9.71 Å². The van der Waals surface area contributed by atoms with Gasteiger partial charge in [0.05, 0.1) is 10.6 Å². The predicted octanol–water partition coefficient (Wildman–Crippen LogP) is 3.52. The molecule has 0 unspecified atom stereocenters. The van der Waals surface area contributed by atoms with Crippen LogP contribution in [0.5, 0.6) is 0 Å². The first-order valence-electron chi connectivity index (χ1n) is 9.05. The summed E-state index contributed by atoms with van der Waals surface area (Å²) in [4.78, 5) is 3.25. The van der Waals surface area contributed by atoms with Crippen molar-refractivity contribution in [1.82, 2.24) is 14.4 Å². The summed E-state index contributed by atoms with van der Waals surface area (Å²) in [5.41, 5.74) is 1.74. The highest BCUT2D eigenvalue weighted by Gasteiger charge is 2.25. The number of thiophene rings is 1. The zero-order chi connectivity index (χ0) is 19.4. The second-order valence-electron chi connectivity index (χ2n) is 6.59. The monoisotopic (exact) mass is 415 g/mol. The molecule has 1 saturated heterocycles. The molecule has 0 N–H and O–H groups in total.